The van der Waals surface area contributed by atoms with E-state index in [2.05, 4.69) is 0 Å². The SMILES string of the molecule is O.[Cl-].[Cl-].[Cl-].[Na+].[Na+].[Na+]. The third kappa shape index (κ3) is 41.1. The fourth-order valence-corrected chi connectivity index (χ4v) is 0. The largest absolute Gasteiger partial charge is 1.00 e. The van der Waals surface area contributed by atoms with Crippen LogP contribution in [0.15, 0.2) is 0 Å². The van der Waals surface area contributed by atoms with Gasteiger partial charge in [-0.2, -0.15) is 0 Å². The minimum Gasteiger partial charge on any atom is -1.00 e. The normalized spacial score (nSPS) is 0. The first-order chi connectivity index (χ1) is 0. The van der Waals surface area contributed by atoms with Crippen molar-refractivity contribution >= 4 is 0 Å². The summed E-state index contributed by atoms with van der Waals surface area (Å²) in [6.45, 7) is 0. The van der Waals surface area contributed by atoms with Crippen LogP contribution in [0, 0.1) is 0 Å². The summed E-state index contributed by atoms with van der Waals surface area (Å²) in [5, 5.41) is 0. The summed E-state index contributed by atoms with van der Waals surface area (Å²) in [6, 6.07) is 0. The third-order valence-electron chi connectivity index (χ3n) is 0. The smallest absolute Gasteiger partial charge is 1.00 e. The van der Waals surface area contributed by atoms with Crippen LogP contribution in [0.25, 0.3) is 0 Å². The second-order valence-electron chi connectivity index (χ2n) is 0. The van der Waals surface area contributed by atoms with Crippen LogP contribution in [0.5, 0.6) is 0 Å². The maximum atomic E-state index is 0. The molecule has 0 aromatic heterocycles. The Morgan fingerprint density at radius 2 is 0.429 bits per heavy atom. The summed E-state index contributed by atoms with van der Waals surface area (Å²) >= 11 is 0. The second-order valence-corrected chi connectivity index (χ2v) is 0. The maximum absolute atomic E-state index is 0. The fraction of sp³-hybridized carbons (Fsp3) is 0. The van der Waals surface area contributed by atoms with Crippen molar-refractivity contribution in [3.63, 3.8) is 0 Å². The monoisotopic (exact) mass is 192 g/mol. The van der Waals surface area contributed by atoms with E-state index >= 15 is 0 Å². The zero-order valence-corrected chi connectivity index (χ0v) is 12.9. The van der Waals surface area contributed by atoms with E-state index in [0.717, 1.165) is 0 Å². The molecule has 0 aromatic rings. The Balaban J connectivity index is 0. The summed E-state index contributed by atoms with van der Waals surface area (Å²) in [7, 11) is 0. The van der Waals surface area contributed by atoms with Gasteiger partial charge in [0.1, 0.15) is 0 Å². The van der Waals surface area contributed by atoms with Crippen LogP contribution >= 0.6 is 0 Å². The van der Waals surface area contributed by atoms with Crippen LogP contribution < -0.4 is 126 Å². The Kier molecular flexibility index (Phi) is 532. The molecule has 0 rings (SSSR count). The number of rotatable bonds is 0. The number of hydrogen-bond donors (Lipinski definition) is 0. The van der Waals surface area contributed by atoms with E-state index in [4.69, 9.17) is 0 Å². The van der Waals surface area contributed by atoms with E-state index in [0.29, 0.717) is 0 Å². The third-order valence-corrected chi connectivity index (χ3v) is 0. The van der Waals surface area contributed by atoms with Gasteiger partial charge in [0.2, 0.25) is 0 Å². The van der Waals surface area contributed by atoms with Gasteiger partial charge in [0, 0.05) is 0 Å². The molecule has 7 heavy (non-hydrogen) atoms. The van der Waals surface area contributed by atoms with Crippen molar-refractivity contribution in [3.8, 4) is 0 Å². The molecule has 0 aliphatic rings. The zero-order chi connectivity index (χ0) is 0. The van der Waals surface area contributed by atoms with E-state index in [-0.39, 0.29) is 131 Å². The molecule has 0 saturated heterocycles. The fourth-order valence-electron chi connectivity index (χ4n) is 0. The quantitative estimate of drug-likeness (QED) is 0.342. The van der Waals surface area contributed by atoms with Crippen molar-refractivity contribution in [2.75, 3.05) is 0 Å². The standard InChI is InChI=1S/3ClH.3Na.H2O/h3*1H;;;;1H2/q;;;3*+1;/p-3. The molecule has 7 heteroatoms. The van der Waals surface area contributed by atoms with Crippen LogP contribution in [-0.2, 0) is 0 Å². The molecular weight excluding hydrogens is 191 g/mol. The molecule has 0 amide bonds. The zero-order valence-electron chi connectivity index (χ0n) is 4.63. The first-order valence-corrected chi connectivity index (χ1v) is 0. The maximum Gasteiger partial charge on any atom is 1.00 e. The van der Waals surface area contributed by atoms with E-state index in [9.17, 15) is 0 Å². The van der Waals surface area contributed by atoms with Crippen molar-refractivity contribution in [2.24, 2.45) is 0 Å². The Hall–Kier alpha value is 3.83. The van der Waals surface area contributed by atoms with E-state index in [1.54, 1.807) is 0 Å². The van der Waals surface area contributed by atoms with E-state index in [1.165, 1.54) is 0 Å². The summed E-state index contributed by atoms with van der Waals surface area (Å²) in [5.74, 6) is 0. The van der Waals surface area contributed by atoms with Gasteiger partial charge in [-0.1, -0.05) is 0 Å². The molecule has 1 nitrogen and oxygen atoms in total. The summed E-state index contributed by atoms with van der Waals surface area (Å²) in [5.41, 5.74) is 0. The molecular formula is H2Cl3Na3O. The van der Waals surface area contributed by atoms with Crippen LogP contribution in [-0.4, -0.2) is 5.48 Å². The second kappa shape index (κ2) is 52.2. The summed E-state index contributed by atoms with van der Waals surface area (Å²) in [4.78, 5) is 0. The molecule has 0 spiro atoms. The molecule has 0 heterocycles. The van der Waals surface area contributed by atoms with Crippen molar-refractivity contribution < 1.29 is 131 Å². The first-order valence-electron chi connectivity index (χ1n) is 0. The molecule has 32 valence electrons. The van der Waals surface area contributed by atoms with E-state index in [1.807, 2.05) is 0 Å². The molecule has 2 N–H and O–H groups in total. The van der Waals surface area contributed by atoms with Gasteiger partial charge in [0.15, 0.2) is 0 Å². The molecule has 0 aliphatic carbocycles. The van der Waals surface area contributed by atoms with Gasteiger partial charge in [-0.25, -0.2) is 0 Å². The molecule has 0 aromatic carbocycles. The van der Waals surface area contributed by atoms with Gasteiger partial charge in [-0.05, 0) is 0 Å². The van der Waals surface area contributed by atoms with Crippen molar-refractivity contribution in [1.29, 1.82) is 0 Å². The van der Waals surface area contributed by atoms with Crippen molar-refractivity contribution in [2.45, 2.75) is 0 Å². The van der Waals surface area contributed by atoms with Gasteiger partial charge in [-0.15, -0.1) is 0 Å². The average Bonchev–Trinajstić information content (AvgIpc) is 0. The van der Waals surface area contributed by atoms with Crippen molar-refractivity contribution in [1.82, 2.24) is 0 Å². The van der Waals surface area contributed by atoms with Crippen LogP contribution in [0.2, 0.25) is 0 Å². The molecule has 0 aliphatic heterocycles. The molecule has 0 unspecified atom stereocenters. The molecule has 0 radical (unpaired) electrons. The minimum absolute atomic E-state index is 0. The molecule has 0 saturated carbocycles. The molecule has 0 fully saturated rings. The van der Waals surface area contributed by atoms with Crippen LogP contribution in [0.4, 0.5) is 0 Å². The minimum atomic E-state index is 0. The predicted molar refractivity (Wildman–Crippen MR) is 3.61 cm³/mol. The van der Waals surface area contributed by atoms with Crippen LogP contribution in [0.3, 0.4) is 0 Å². The van der Waals surface area contributed by atoms with Gasteiger partial charge in [0.25, 0.3) is 0 Å². The van der Waals surface area contributed by atoms with Crippen LogP contribution in [0.1, 0.15) is 0 Å². The van der Waals surface area contributed by atoms with Gasteiger partial charge < -0.3 is 42.7 Å². The van der Waals surface area contributed by atoms with Gasteiger partial charge >= 0.3 is 88.7 Å². The average molecular weight is 193 g/mol. The van der Waals surface area contributed by atoms with Gasteiger partial charge in [0.05, 0.1) is 0 Å². The summed E-state index contributed by atoms with van der Waals surface area (Å²) < 4.78 is 0. The predicted octanol–water partition coefficient (Wildman–Crippen LogP) is -18.8. The molecule has 0 atom stereocenters. The van der Waals surface area contributed by atoms with Crippen molar-refractivity contribution in [3.05, 3.63) is 0 Å². The molecule has 0 bridgehead atoms. The topological polar surface area (TPSA) is 31.5 Å². The Bertz CT molecular complexity index is 10.1. The Labute approximate surface area is 129 Å². The van der Waals surface area contributed by atoms with Gasteiger partial charge in [-0.3, -0.25) is 0 Å². The van der Waals surface area contributed by atoms with E-state index < -0.39 is 0 Å². The number of hydrogen-bond acceptors (Lipinski definition) is 0. The summed E-state index contributed by atoms with van der Waals surface area (Å²) in [6.07, 6.45) is 0. The first kappa shape index (κ1) is 71.3. The Morgan fingerprint density at radius 1 is 0.429 bits per heavy atom. The number of halogens is 3. The Morgan fingerprint density at radius 3 is 0.429 bits per heavy atom.